The number of likely N-dealkylation sites (N-methyl/N-ethyl adjacent to an activating group) is 1. The minimum absolute atomic E-state index is 0.223. The molecule has 6 nitrogen and oxygen atoms in total. The normalized spacial score (nSPS) is 10.4. The number of carbonyl (C=O) groups is 1. The summed E-state index contributed by atoms with van der Waals surface area (Å²) in [4.78, 5) is 13.0. The van der Waals surface area contributed by atoms with Crippen molar-refractivity contribution in [2.24, 2.45) is 0 Å². The molecular formula is C12H14FN5O. The monoisotopic (exact) mass is 263 g/mol. The van der Waals surface area contributed by atoms with E-state index in [0.29, 0.717) is 18.8 Å². The van der Waals surface area contributed by atoms with Crippen molar-refractivity contribution in [3.05, 3.63) is 42.0 Å². The van der Waals surface area contributed by atoms with E-state index in [1.54, 1.807) is 7.05 Å². The van der Waals surface area contributed by atoms with Gasteiger partial charge in [-0.3, -0.25) is 4.79 Å². The van der Waals surface area contributed by atoms with Crippen LogP contribution in [0.1, 0.15) is 10.5 Å². The third-order valence-corrected chi connectivity index (χ3v) is 2.44. The number of rotatable bonds is 5. The molecule has 19 heavy (non-hydrogen) atoms. The largest absolute Gasteiger partial charge is 0.349 e. The average Bonchev–Trinajstić information content (AvgIpc) is 2.89. The summed E-state index contributed by atoms with van der Waals surface area (Å²) in [6, 6.07) is 5.70. The molecule has 100 valence electrons. The maximum atomic E-state index is 12.8. The molecule has 1 amide bonds. The Morgan fingerprint density at radius 1 is 1.32 bits per heavy atom. The van der Waals surface area contributed by atoms with E-state index in [1.807, 2.05) is 0 Å². The second-order valence-electron chi connectivity index (χ2n) is 3.86. The van der Waals surface area contributed by atoms with Crippen molar-refractivity contribution in [3.8, 4) is 5.69 Å². The number of carbonyl (C=O) groups excluding carboxylic acids is 1. The molecule has 0 atom stereocenters. The lowest BCUT2D eigenvalue weighted by molar-refractivity contribution is 0.0948. The molecule has 2 aromatic rings. The van der Waals surface area contributed by atoms with Gasteiger partial charge in [0.2, 0.25) is 0 Å². The molecule has 0 saturated heterocycles. The minimum atomic E-state index is -0.332. The van der Waals surface area contributed by atoms with E-state index in [-0.39, 0.29) is 17.4 Å². The van der Waals surface area contributed by atoms with Gasteiger partial charge in [-0.15, -0.1) is 5.10 Å². The van der Waals surface area contributed by atoms with Crippen molar-refractivity contribution >= 4 is 5.91 Å². The van der Waals surface area contributed by atoms with Crippen LogP contribution < -0.4 is 10.6 Å². The van der Waals surface area contributed by atoms with E-state index < -0.39 is 0 Å². The van der Waals surface area contributed by atoms with Crippen LogP contribution >= 0.6 is 0 Å². The van der Waals surface area contributed by atoms with Gasteiger partial charge in [0.1, 0.15) is 5.82 Å². The molecule has 7 heteroatoms. The molecule has 2 N–H and O–H groups in total. The Morgan fingerprint density at radius 3 is 2.74 bits per heavy atom. The molecule has 0 aliphatic rings. The summed E-state index contributed by atoms with van der Waals surface area (Å²) in [6.07, 6.45) is 1.37. The molecule has 0 aliphatic heterocycles. The number of hydrogen-bond donors (Lipinski definition) is 2. The zero-order valence-electron chi connectivity index (χ0n) is 10.4. The van der Waals surface area contributed by atoms with Crippen LogP contribution in [0.2, 0.25) is 0 Å². The fraction of sp³-hybridized carbons (Fsp3) is 0.250. The maximum absolute atomic E-state index is 12.8. The van der Waals surface area contributed by atoms with Crippen LogP contribution in [0.4, 0.5) is 4.39 Å². The highest BCUT2D eigenvalue weighted by Crippen LogP contribution is 2.06. The molecule has 2 rings (SSSR count). The van der Waals surface area contributed by atoms with Gasteiger partial charge >= 0.3 is 0 Å². The second-order valence-corrected chi connectivity index (χ2v) is 3.86. The summed E-state index contributed by atoms with van der Waals surface area (Å²) in [5, 5.41) is 13.6. The van der Waals surface area contributed by atoms with Gasteiger partial charge < -0.3 is 10.6 Å². The van der Waals surface area contributed by atoms with E-state index in [9.17, 15) is 9.18 Å². The molecular weight excluding hydrogens is 249 g/mol. The van der Waals surface area contributed by atoms with E-state index >= 15 is 0 Å². The number of hydrogen-bond acceptors (Lipinski definition) is 4. The Hall–Kier alpha value is -2.28. The fourth-order valence-electron chi connectivity index (χ4n) is 1.46. The predicted molar refractivity (Wildman–Crippen MR) is 67.6 cm³/mol. The zero-order valence-corrected chi connectivity index (χ0v) is 10.4. The SMILES string of the molecule is CNCCNC(=O)c1cnn(-c2ccc(F)cc2)n1. The second kappa shape index (κ2) is 6.05. The maximum Gasteiger partial charge on any atom is 0.273 e. The van der Waals surface area contributed by atoms with Gasteiger partial charge in [-0.05, 0) is 31.3 Å². The molecule has 0 fully saturated rings. The van der Waals surface area contributed by atoms with Gasteiger partial charge in [0.25, 0.3) is 5.91 Å². The predicted octanol–water partition coefficient (Wildman–Crippen LogP) is 0.356. The van der Waals surface area contributed by atoms with Crippen molar-refractivity contribution in [1.29, 1.82) is 0 Å². The van der Waals surface area contributed by atoms with E-state index in [1.165, 1.54) is 35.3 Å². The number of benzene rings is 1. The van der Waals surface area contributed by atoms with Crippen LogP contribution in [0.15, 0.2) is 30.5 Å². The molecule has 0 spiro atoms. The number of aromatic nitrogens is 3. The number of amides is 1. The van der Waals surface area contributed by atoms with Gasteiger partial charge in [-0.2, -0.15) is 9.90 Å². The molecule has 0 saturated carbocycles. The van der Waals surface area contributed by atoms with Crippen molar-refractivity contribution in [2.45, 2.75) is 0 Å². The standard InChI is InChI=1S/C12H14FN5O/c1-14-6-7-15-12(19)11-8-16-18(17-11)10-4-2-9(13)3-5-10/h2-5,8,14H,6-7H2,1H3,(H,15,19). The Kier molecular flexibility index (Phi) is 4.19. The van der Waals surface area contributed by atoms with Crippen LogP contribution in [0, 0.1) is 5.82 Å². The molecule has 0 radical (unpaired) electrons. The third kappa shape index (κ3) is 3.35. The lowest BCUT2D eigenvalue weighted by Gasteiger charge is -2.01. The number of halogens is 1. The summed E-state index contributed by atoms with van der Waals surface area (Å²) in [5.41, 5.74) is 0.816. The lowest BCUT2D eigenvalue weighted by atomic mass is 10.3. The summed E-state index contributed by atoms with van der Waals surface area (Å²) >= 11 is 0. The summed E-state index contributed by atoms with van der Waals surface area (Å²) < 4.78 is 12.8. The zero-order chi connectivity index (χ0) is 13.7. The van der Waals surface area contributed by atoms with E-state index in [2.05, 4.69) is 20.8 Å². The lowest BCUT2D eigenvalue weighted by Crippen LogP contribution is -2.30. The van der Waals surface area contributed by atoms with Crippen molar-refractivity contribution < 1.29 is 9.18 Å². The highest BCUT2D eigenvalue weighted by Gasteiger charge is 2.10. The smallest absolute Gasteiger partial charge is 0.273 e. The fourth-order valence-corrected chi connectivity index (χ4v) is 1.46. The highest BCUT2D eigenvalue weighted by atomic mass is 19.1. The first kappa shape index (κ1) is 13.2. The van der Waals surface area contributed by atoms with Crippen LogP contribution in [0.5, 0.6) is 0 Å². The minimum Gasteiger partial charge on any atom is -0.349 e. The molecule has 0 unspecified atom stereocenters. The Labute approximate surface area is 109 Å². The number of nitrogens with zero attached hydrogens (tertiary/aromatic N) is 3. The van der Waals surface area contributed by atoms with Gasteiger partial charge in [0, 0.05) is 13.1 Å². The van der Waals surface area contributed by atoms with E-state index in [4.69, 9.17) is 0 Å². The first-order valence-corrected chi connectivity index (χ1v) is 5.82. The first-order chi connectivity index (χ1) is 9.20. The van der Waals surface area contributed by atoms with Crippen LogP contribution in [0.25, 0.3) is 5.69 Å². The van der Waals surface area contributed by atoms with Gasteiger partial charge in [-0.1, -0.05) is 0 Å². The van der Waals surface area contributed by atoms with E-state index in [0.717, 1.165) is 0 Å². The van der Waals surface area contributed by atoms with Gasteiger partial charge in [-0.25, -0.2) is 4.39 Å². The van der Waals surface area contributed by atoms with Crippen LogP contribution in [-0.2, 0) is 0 Å². The van der Waals surface area contributed by atoms with Crippen LogP contribution in [-0.4, -0.2) is 41.0 Å². The molecule has 0 bridgehead atoms. The third-order valence-electron chi connectivity index (χ3n) is 2.44. The number of nitrogens with one attached hydrogen (secondary N) is 2. The molecule has 0 aliphatic carbocycles. The van der Waals surface area contributed by atoms with Crippen molar-refractivity contribution in [3.63, 3.8) is 0 Å². The van der Waals surface area contributed by atoms with Gasteiger partial charge in [0.15, 0.2) is 5.69 Å². The Bertz CT molecular complexity index is 552. The summed E-state index contributed by atoms with van der Waals surface area (Å²) in [7, 11) is 1.80. The Balaban J connectivity index is 2.06. The van der Waals surface area contributed by atoms with Crippen molar-refractivity contribution in [1.82, 2.24) is 25.6 Å². The topological polar surface area (TPSA) is 71.8 Å². The average molecular weight is 263 g/mol. The molecule has 1 aromatic heterocycles. The molecule has 1 aromatic carbocycles. The Morgan fingerprint density at radius 2 is 2.05 bits per heavy atom. The van der Waals surface area contributed by atoms with Crippen LogP contribution in [0.3, 0.4) is 0 Å². The van der Waals surface area contributed by atoms with Gasteiger partial charge in [0.05, 0.1) is 11.9 Å². The first-order valence-electron chi connectivity index (χ1n) is 5.82. The summed E-state index contributed by atoms with van der Waals surface area (Å²) in [5.74, 6) is -0.621. The quantitative estimate of drug-likeness (QED) is 0.764. The molecule has 1 heterocycles. The summed E-state index contributed by atoms with van der Waals surface area (Å²) in [6.45, 7) is 1.19. The van der Waals surface area contributed by atoms with Crippen molar-refractivity contribution in [2.75, 3.05) is 20.1 Å². The highest BCUT2D eigenvalue weighted by molar-refractivity contribution is 5.91.